The van der Waals surface area contributed by atoms with Crippen LogP contribution in [0, 0.1) is 5.82 Å². The number of aliphatic hydroxyl groups excluding tert-OH is 1. The molecule has 1 aliphatic rings. The fourth-order valence-electron chi connectivity index (χ4n) is 4.49. The smallest absolute Gasteiger partial charge is 0.301 e. The van der Waals surface area contributed by atoms with Gasteiger partial charge in [0.15, 0.2) is 16.6 Å². The van der Waals surface area contributed by atoms with Gasteiger partial charge >= 0.3 is 5.91 Å². The molecule has 7 nitrogen and oxygen atoms in total. The summed E-state index contributed by atoms with van der Waals surface area (Å²) in [6, 6.07) is 14.9. The van der Waals surface area contributed by atoms with Crippen LogP contribution in [-0.2, 0) is 16.0 Å². The third-order valence-electron chi connectivity index (χ3n) is 6.35. The maximum atomic E-state index is 13.6. The summed E-state index contributed by atoms with van der Waals surface area (Å²) in [7, 11) is 2.94. The fourth-order valence-corrected chi connectivity index (χ4v) is 5.55. The highest BCUT2D eigenvalue weighted by Crippen LogP contribution is 2.48. The molecule has 1 unspecified atom stereocenters. The predicted octanol–water partition coefficient (Wildman–Crippen LogP) is 5.64. The maximum absolute atomic E-state index is 13.6. The maximum Gasteiger partial charge on any atom is 0.301 e. The zero-order valence-electron chi connectivity index (χ0n) is 20.3. The molecule has 1 N–H and O–H groups in total. The Hall–Kier alpha value is -4.24. The molecule has 1 aliphatic heterocycles. The summed E-state index contributed by atoms with van der Waals surface area (Å²) in [6.45, 7) is 2.05. The average molecular weight is 519 g/mol. The van der Waals surface area contributed by atoms with Crippen LogP contribution >= 0.6 is 11.3 Å². The van der Waals surface area contributed by atoms with E-state index in [1.807, 2.05) is 25.1 Å². The number of anilines is 1. The molecule has 0 saturated carbocycles. The Labute approximate surface area is 216 Å². The van der Waals surface area contributed by atoms with Crippen LogP contribution in [0.15, 0.2) is 66.2 Å². The van der Waals surface area contributed by atoms with Crippen LogP contribution in [0.1, 0.15) is 29.7 Å². The lowest BCUT2D eigenvalue weighted by Gasteiger charge is -2.25. The number of hydrogen-bond acceptors (Lipinski definition) is 7. The van der Waals surface area contributed by atoms with Gasteiger partial charge in [0.2, 0.25) is 0 Å². The number of amides is 1. The van der Waals surface area contributed by atoms with Crippen molar-refractivity contribution in [3.63, 3.8) is 0 Å². The monoisotopic (exact) mass is 518 g/mol. The lowest BCUT2D eigenvalue weighted by molar-refractivity contribution is -0.132. The van der Waals surface area contributed by atoms with Crippen molar-refractivity contribution >= 4 is 44.1 Å². The number of aliphatic hydroxyl groups is 1. The second-order valence-corrected chi connectivity index (χ2v) is 9.42. The van der Waals surface area contributed by atoms with Gasteiger partial charge in [0.1, 0.15) is 17.6 Å². The summed E-state index contributed by atoms with van der Waals surface area (Å²) < 4.78 is 25.5. The van der Waals surface area contributed by atoms with E-state index in [0.29, 0.717) is 27.7 Å². The normalized spacial score (nSPS) is 17.0. The quantitative estimate of drug-likeness (QED) is 0.202. The van der Waals surface area contributed by atoms with Gasteiger partial charge in [-0.25, -0.2) is 9.37 Å². The molecular weight excluding hydrogens is 495 g/mol. The number of rotatable bonds is 6. The molecule has 1 amide bonds. The molecule has 0 spiro atoms. The third-order valence-corrected chi connectivity index (χ3v) is 7.36. The van der Waals surface area contributed by atoms with Crippen LogP contribution in [0.5, 0.6) is 11.5 Å². The van der Waals surface area contributed by atoms with E-state index in [0.717, 1.165) is 16.7 Å². The zero-order chi connectivity index (χ0) is 26.3. The van der Waals surface area contributed by atoms with Gasteiger partial charge in [-0.15, -0.1) is 0 Å². The van der Waals surface area contributed by atoms with E-state index < -0.39 is 29.3 Å². The number of ketones is 1. The summed E-state index contributed by atoms with van der Waals surface area (Å²) in [5.74, 6) is -1.95. The molecule has 4 aromatic rings. The first-order valence-corrected chi connectivity index (χ1v) is 12.4. The standard InChI is InChI=1S/C28H23FN2O5S/c1-4-15-8-13-19-21(14-15)37-28(30-19)31-23(18-6-5-7-20(35-2)26(18)36-3)22(25(33)27(31)34)24(32)16-9-11-17(29)12-10-16/h5-14,23,32H,4H2,1-3H3/b24-22+. The Kier molecular flexibility index (Phi) is 6.39. The number of aryl methyl sites for hydroxylation is 1. The van der Waals surface area contributed by atoms with Gasteiger partial charge in [-0.1, -0.05) is 36.5 Å². The molecule has 37 heavy (non-hydrogen) atoms. The number of para-hydroxylation sites is 1. The van der Waals surface area contributed by atoms with Crippen molar-refractivity contribution in [2.24, 2.45) is 0 Å². The van der Waals surface area contributed by atoms with Crippen molar-refractivity contribution in [3.8, 4) is 11.5 Å². The van der Waals surface area contributed by atoms with Gasteiger partial charge < -0.3 is 14.6 Å². The number of hydrogen-bond donors (Lipinski definition) is 1. The molecule has 9 heteroatoms. The van der Waals surface area contributed by atoms with E-state index in [-0.39, 0.29) is 11.1 Å². The van der Waals surface area contributed by atoms with E-state index in [1.165, 1.54) is 54.7 Å². The van der Waals surface area contributed by atoms with Gasteiger partial charge in [-0.3, -0.25) is 14.5 Å². The topological polar surface area (TPSA) is 89.0 Å². The Morgan fingerprint density at radius 3 is 2.51 bits per heavy atom. The molecule has 0 radical (unpaired) electrons. The van der Waals surface area contributed by atoms with Crippen molar-refractivity contribution in [1.29, 1.82) is 0 Å². The van der Waals surface area contributed by atoms with Gasteiger partial charge in [0, 0.05) is 11.1 Å². The summed E-state index contributed by atoms with van der Waals surface area (Å²) in [5.41, 5.74) is 2.28. The third kappa shape index (κ3) is 4.11. The number of methoxy groups -OCH3 is 2. The van der Waals surface area contributed by atoms with E-state index in [1.54, 1.807) is 18.2 Å². The van der Waals surface area contributed by atoms with Crippen molar-refractivity contribution in [3.05, 3.63) is 88.7 Å². The number of Topliss-reactive ketones (excluding diaryl/α,β-unsaturated/α-hetero) is 1. The number of benzene rings is 3. The number of aromatic nitrogens is 1. The minimum atomic E-state index is -1.07. The first-order chi connectivity index (χ1) is 17.9. The van der Waals surface area contributed by atoms with Gasteiger partial charge in [0.25, 0.3) is 5.78 Å². The number of halogens is 1. The SMILES string of the molecule is CCc1ccc2nc(N3C(=O)C(=O)/C(=C(/O)c4ccc(F)cc4)C3c3cccc(OC)c3OC)sc2c1. The molecule has 2 heterocycles. The van der Waals surface area contributed by atoms with Crippen molar-refractivity contribution in [2.45, 2.75) is 19.4 Å². The van der Waals surface area contributed by atoms with Crippen LogP contribution in [0.4, 0.5) is 9.52 Å². The molecule has 1 atom stereocenters. The highest BCUT2D eigenvalue weighted by Gasteiger charge is 2.49. The van der Waals surface area contributed by atoms with E-state index in [9.17, 15) is 19.1 Å². The Morgan fingerprint density at radius 1 is 1.08 bits per heavy atom. The second-order valence-electron chi connectivity index (χ2n) is 8.41. The molecule has 0 bridgehead atoms. The first kappa shape index (κ1) is 24.5. The van der Waals surface area contributed by atoms with E-state index in [2.05, 4.69) is 4.98 Å². The van der Waals surface area contributed by atoms with Gasteiger partial charge in [0.05, 0.1) is 30.0 Å². The molecule has 1 saturated heterocycles. The lowest BCUT2D eigenvalue weighted by Crippen LogP contribution is -2.29. The predicted molar refractivity (Wildman–Crippen MR) is 140 cm³/mol. The number of carbonyl (C=O) groups is 2. The molecule has 5 rings (SSSR count). The number of nitrogens with zero attached hydrogens (tertiary/aromatic N) is 2. The number of ether oxygens (including phenoxy) is 2. The minimum Gasteiger partial charge on any atom is -0.507 e. The number of fused-ring (bicyclic) bond motifs is 1. The highest BCUT2D eigenvalue weighted by molar-refractivity contribution is 7.22. The van der Waals surface area contributed by atoms with Gasteiger partial charge in [-0.2, -0.15) is 0 Å². The van der Waals surface area contributed by atoms with Crippen molar-refractivity contribution in [1.82, 2.24) is 4.98 Å². The summed E-state index contributed by atoms with van der Waals surface area (Å²) in [5, 5.41) is 11.6. The Bertz CT molecular complexity index is 1560. The largest absolute Gasteiger partial charge is 0.507 e. The minimum absolute atomic E-state index is 0.156. The van der Waals surface area contributed by atoms with E-state index in [4.69, 9.17) is 9.47 Å². The van der Waals surface area contributed by atoms with E-state index >= 15 is 0 Å². The molecule has 3 aromatic carbocycles. The molecule has 1 aromatic heterocycles. The zero-order valence-corrected chi connectivity index (χ0v) is 21.1. The van der Waals surface area contributed by atoms with Crippen LogP contribution in [0.3, 0.4) is 0 Å². The molecule has 1 fully saturated rings. The summed E-state index contributed by atoms with van der Waals surface area (Å²) in [6.07, 6.45) is 0.840. The fraction of sp³-hybridized carbons (Fsp3) is 0.179. The Balaban J connectivity index is 1.77. The van der Waals surface area contributed by atoms with Crippen LogP contribution in [-0.4, -0.2) is 36.0 Å². The average Bonchev–Trinajstić information content (AvgIpc) is 3.45. The second kappa shape index (κ2) is 9.67. The Morgan fingerprint density at radius 2 is 1.84 bits per heavy atom. The summed E-state index contributed by atoms with van der Waals surface area (Å²) in [4.78, 5) is 32.9. The number of thiazole rings is 1. The lowest BCUT2D eigenvalue weighted by atomic mass is 9.94. The molecule has 188 valence electrons. The van der Waals surface area contributed by atoms with Crippen molar-refractivity contribution < 1.29 is 28.6 Å². The highest BCUT2D eigenvalue weighted by atomic mass is 32.1. The summed E-state index contributed by atoms with van der Waals surface area (Å²) >= 11 is 1.28. The van der Waals surface area contributed by atoms with Crippen LogP contribution < -0.4 is 14.4 Å². The van der Waals surface area contributed by atoms with Gasteiger partial charge in [-0.05, 0) is 54.4 Å². The number of carbonyl (C=O) groups excluding carboxylic acids is 2. The van der Waals surface area contributed by atoms with Crippen LogP contribution in [0.25, 0.3) is 16.0 Å². The van der Waals surface area contributed by atoms with Crippen molar-refractivity contribution in [2.75, 3.05) is 19.1 Å². The first-order valence-electron chi connectivity index (χ1n) is 11.5. The molecular formula is C28H23FN2O5S. The van der Waals surface area contributed by atoms with Crippen LogP contribution in [0.2, 0.25) is 0 Å². The molecule has 0 aliphatic carbocycles.